The fraction of sp³-hybridized carbons (Fsp3) is 0.167. The summed E-state index contributed by atoms with van der Waals surface area (Å²) in [6.45, 7) is 2.52. The molecular weight excluding hydrogens is 279 g/mol. The normalized spacial score (nSPS) is 10.6. The van der Waals surface area contributed by atoms with Crippen LogP contribution in [0.4, 0.5) is 9.18 Å². The maximum absolute atomic E-state index is 12.8. The van der Waals surface area contributed by atoms with Crippen molar-refractivity contribution in [1.82, 2.24) is 10.6 Å². The zero-order valence-corrected chi connectivity index (χ0v) is 12.5. The molecule has 0 aliphatic heterocycles. The summed E-state index contributed by atoms with van der Waals surface area (Å²) in [7, 11) is 0. The first-order valence-corrected chi connectivity index (χ1v) is 7.15. The third-order valence-electron chi connectivity index (χ3n) is 3.18. The van der Waals surface area contributed by atoms with Crippen LogP contribution in [0.1, 0.15) is 16.7 Å². The lowest BCUT2D eigenvalue weighted by molar-refractivity contribution is 0.244. The van der Waals surface area contributed by atoms with E-state index in [1.165, 1.54) is 17.7 Å². The lowest BCUT2D eigenvalue weighted by Crippen LogP contribution is -2.33. The Kier molecular flexibility index (Phi) is 5.72. The minimum Gasteiger partial charge on any atom is -0.338 e. The minimum atomic E-state index is -0.259. The molecule has 4 heteroatoms. The van der Waals surface area contributed by atoms with Crippen LogP contribution in [0.25, 0.3) is 6.08 Å². The second kappa shape index (κ2) is 7.98. The van der Waals surface area contributed by atoms with Crippen LogP contribution >= 0.6 is 0 Å². The number of carbonyl (C=O) groups excluding carboxylic acids is 1. The van der Waals surface area contributed by atoms with Crippen molar-refractivity contribution in [2.75, 3.05) is 6.54 Å². The third-order valence-corrected chi connectivity index (χ3v) is 3.18. The molecule has 114 valence electrons. The van der Waals surface area contributed by atoms with Crippen LogP contribution in [-0.2, 0) is 6.42 Å². The van der Waals surface area contributed by atoms with Crippen molar-refractivity contribution in [1.29, 1.82) is 0 Å². The summed E-state index contributed by atoms with van der Waals surface area (Å²) in [4.78, 5) is 11.6. The molecule has 0 saturated carbocycles. The maximum atomic E-state index is 12.8. The molecule has 0 aromatic heterocycles. The molecule has 2 aromatic carbocycles. The van der Waals surface area contributed by atoms with Gasteiger partial charge in [-0.25, -0.2) is 9.18 Å². The van der Waals surface area contributed by atoms with Crippen molar-refractivity contribution in [3.05, 3.63) is 77.2 Å². The molecule has 2 rings (SSSR count). The van der Waals surface area contributed by atoms with E-state index >= 15 is 0 Å². The summed E-state index contributed by atoms with van der Waals surface area (Å²) < 4.78 is 12.8. The van der Waals surface area contributed by atoms with Gasteiger partial charge in [-0.05, 0) is 42.7 Å². The summed E-state index contributed by atoms with van der Waals surface area (Å²) in [5.41, 5.74) is 3.21. The first-order chi connectivity index (χ1) is 10.6. The number of hydrogen-bond acceptors (Lipinski definition) is 1. The molecule has 0 aliphatic rings. The highest BCUT2D eigenvalue weighted by atomic mass is 19.1. The Morgan fingerprint density at radius 3 is 2.45 bits per heavy atom. The molecule has 0 fully saturated rings. The summed E-state index contributed by atoms with van der Waals surface area (Å²) >= 11 is 0. The van der Waals surface area contributed by atoms with Crippen molar-refractivity contribution in [3.8, 4) is 0 Å². The number of urea groups is 1. The van der Waals surface area contributed by atoms with Gasteiger partial charge >= 0.3 is 6.03 Å². The summed E-state index contributed by atoms with van der Waals surface area (Å²) in [6.07, 6.45) is 4.10. The Morgan fingerprint density at radius 1 is 1.09 bits per heavy atom. The Hall–Kier alpha value is -2.62. The maximum Gasteiger partial charge on any atom is 0.318 e. The van der Waals surface area contributed by atoms with Gasteiger partial charge in [0.15, 0.2) is 0 Å². The number of hydrogen-bond donors (Lipinski definition) is 2. The van der Waals surface area contributed by atoms with E-state index in [0.717, 1.165) is 11.1 Å². The average Bonchev–Trinajstić information content (AvgIpc) is 2.51. The number of carbonyl (C=O) groups is 1. The molecule has 0 heterocycles. The Labute approximate surface area is 129 Å². The summed E-state index contributed by atoms with van der Waals surface area (Å²) in [5, 5.41) is 5.40. The fourth-order valence-electron chi connectivity index (χ4n) is 1.91. The highest BCUT2D eigenvalue weighted by molar-refractivity contribution is 5.75. The van der Waals surface area contributed by atoms with Gasteiger partial charge in [-0.1, -0.05) is 42.0 Å². The van der Waals surface area contributed by atoms with Crippen molar-refractivity contribution >= 4 is 12.1 Å². The van der Waals surface area contributed by atoms with Gasteiger partial charge in [0, 0.05) is 12.7 Å². The zero-order valence-electron chi connectivity index (χ0n) is 12.5. The number of aryl methyl sites for hydroxylation is 1. The molecule has 0 saturated heterocycles. The van der Waals surface area contributed by atoms with Crippen molar-refractivity contribution in [2.45, 2.75) is 13.3 Å². The van der Waals surface area contributed by atoms with Crippen LogP contribution in [0.3, 0.4) is 0 Å². The molecule has 0 bridgehead atoms. The van der Waals surface area contributed by atoms with E-state index in [1.807, 2.05) is 37.3 Å². The van der Waals surface area contributed by atoms with E-state index in [4.69, 9.17) is 0 Å². The van der Waals surface area contributed by atoms with E-state index < -0.39 is 0 Å². The monoisotopic (exact) mass is 298 g/mol. The fourth-order valence-corrected chi connectivity index (χ4v) is 1.91. The molecule has 2 aromatic rings. The molecule has 0 atom stereocenters. The van der Waals surface area contributed by atoms with Crippen molar-refractivity contribution in [2.24, 2.45) is 0 Å². The SMILES string of the molecule is Cc1ccc(/C=C/NC(=O)NCCc2ccc(F)cc2)cc1. The van der Waals surface area contributed by atoms with Gasteiger partial charge in [0.25, 0.3) is 0 Å². The molecule has 22 heavy (non-hydrogen) atoms. The standard InChI is InChI=1S/C18H19FN2O/c1-14-2-4-15(5-3-14)10-12-20-18(22)21-13-11-16-6-8-17(19)9-7-16/h2-10,12H,11,13H2,1H3,(H2,20,21,22)/b12-10+. The minimum absolute atomic E-state index is 0.254. The van der Waals surface area contributed by atoms with Crippen LogP contribution in [0.2, 0.25) is 0 Å². The van der Waals surface area contributed by atoms with Crippen molar-refractivity contribution < 1.29 is 9.18 Å². The van der Waals surface area contributed by atoms with E-state index in [2.05, 4.69) is 10.6 Å². The van der Waals surface area contributed by atoms with Gasteiger partial charge in [-0.2, -0.15) is 0 Å². The van der Waals surface area contributed by atoms with Gasteiger partial charge < -0.3 is 10.6 Å². The molecule has 0 aliphatic carbocycles. The molecule has 0 unspecified atom stereocenters. The van der Waals surface area contributed by atoms with Gasteiger partial charge in [-0.3, -0.25) is 0 Å². The first kappa shape index (κ1) is 15.8. The van der Waals surface area contributed by atoms with E-state index in [-0.39, 0.29) is 11.8 Å². The van der Waals surface area contributed by atoms with E-state index in [0.29, 0.717) is 13.0 Å². The largest absolute Gasteiger partial charge is 0.338 e. The first-order valence-electron chi connectivity index (χ1n) is 7.15. The lowest BCUT2D eigenvalue weighted by Gasteiger charge is -2.05. The Morgan fingerprint density at radius 2 is 1.77 bits per heavy atom. The molecule has 0 spiro atoms. The number of benzene rings is 2. The lowest BCUT2D eigenvalue weighted by atomic mass is 10.1. The number of amides is 2. The van der Waals surface area contributed by atoms with Crippen molar-refractivity contribution in [3.63, 3.8) is 0 Å². The topological polar surface area (TPSA) is 41.1 Å². The summed E-state index contributed by atoms with van der Waals surface area (Å²) in [6, 6.07) is 14.0. The zero-order chi connectivity index (χ0) is 15.8. The predicted molar refractivity (Wildman–Crippen MR) is 86.9 cm³/mol. The number of nitrogens with one attached hydrogen (secondary N) is 2. The number of rotatable bonds is 5. The highest BCUT2D eigenvalue weighted by Gasteiger charge is 1.98. The molecule has 3 nitrogen and oxygen atoms in total. The highest BCUT2D eigenvalue weighted by Crippen LogP contribution is 2.04. The van der Waals surface area contributed by atoms with Crippen LogP contribution in [0.5, 0.6) is 0 Å². The second-order valence-electron chi connectivity index (χ2n) is 5.02. The molecular formula is C18H19FN2O. The quantitative estimate of drug-likeness (QED) is 0.869. The molecule has 0 radical (unpaired) electrons. The Bertz CT molecular complexity index is 633. The number of halogens is 1. The van der Waals surface area contributed by atoms with Crippen LogP contribution in [-0.4, -0.2) is 12.6 Å². The predicted octanol–water partition coefficient (Wildman–Crippen LogP) is 3.65. The average molecular weight is 298 g/mol. The molecule has 2 amide bonds. The summed E-state index contributed by atoms with van der Waals surface area (Å²) in [5.74, 6) is -0.254. The van der Waals surface area contributed by atoms with Gasteiger partial charge in [0.1, 0.15) is 5.82 Å². The van der Waals surface area contributed by atoms with Gasteiger partial charge in [0.05, 0.1) is 0 Å². The third kappa shape index (κ3) is 5.40. The molecule has 2 N–H and O–H groups in total. The van der Waals surface area contributed by atoms with Gasteiger partial charge in [-0.15, -0.1) is 0 Å². The van der Waals surface area contributed by atoms with Crippen LogP contribution in [0.15, 0.2) is 54.7 Å². The van der Waals surface area contributed by atoms with Gasteiger partial charge in [0.2, 0.25) is 0 Å². The van der Waals surface area contributed by atoms with Crippen LogP contribution < -0.4 is 10.6 Å². The Balaban J connectivity index is 1.69. The smallest absolute Gasteiger partial charge is 0.318 e. The van der Waals surface area contributed by atoms with E-state index in [1.54, 1.807) is 18.3 Å². The van der Waals surface area contributed by atoms with Crippen LogP contribution in [0, 0.1) is 12.7 Å². The second-order valence-corrected chi connectivity index (χ2v) is 5.02. The van der Waals surface area contributed by atoms with E-state index in [9.17, 15) is 9.18 Å².